The van der Waals surface area contributed by atoms with E-state index in [4.69, 9.17) is 9.72 Å². The molecule has 0 fully saturated rings. The minimum absolute atomic E-state index is 0.779. The highest BCUT2D eigenvalue weighted by molar-refractivity contribution is 9.08. The summed E-state index contributed by atoms with van der Waals surface area (Å²) in [6.07, 6.45) is 1.00. The lowest BCUT2D eigenvalue weighted by atomic mass is 10.1. The first-order valence-corrected chi connectivity index (χ1v) is 7.53. The number of halogens is 1. The molecule has 0 radical (unpaired) electrons. The summed E-state index contributed by atoms with van der Waals surface area (Å²) in [7, 11) is 3.82. The average molecular weight is 323 g/mol. The Morgan fingerprint density at radius 3 is 2.84 bits per heavy atom. The summed E-state index contributed by atoms with van der Waals surface area (Å²) in [5, 5.41) is 2.00. The van der Waals surface area contributed by atoms with Crippen LogP contribution in [0.1, 0.15) is 12.0 Å². The highest BCUT2D eigenvalue weighted by Crippen LogP contribution is 2.24. The van der Waals surface area contributed by atoms with Gasteiger partial charge in [0.1, 0.15) is 5.82 Å². The number of pyridine rings is 1. The maximum Gasteiger partial charge on any atom is 0.133 e. The standard InChI is InChI=1S/C15H19BrN2O/c1-18(8-5-9-19-2)15-13(11-16)10-12-6-3-4-7-14(12)17-15/h3-4,6-7,10H,5,8-9,11H2,1-2H3. The molecule has 0 aliphatic heterocycles. The molecule has 1 aromatic carbocycles. The smallest absolute Gasteiger partial charge is 0.133 e. The number of hydrogen-bond acceptors (Lipinski definition) is 3. The van der Waals surface area contributed by atoms with Gasteiger partial charge in [-0.15, -0.1) is 0 Å². The van der Waals surface area contributed by atoms with Gasteiger partial charge in [0.25, 0.3) is 0 Å². The quantitative estimate of drug-likeness (QED) is 0.600. The number of methoxy groups -OCH3 is 1. The van der Waals surface area contributed by atoms with Gasteiger partial charge < -0.3 is 9.64 Å². The number of aromatic nitrogens is 1. The van der Waals surface area contributed by atoms with E-state index in [-0.39, 0.29) is 0 Å². The summed E-state index contributed by atoms with van der Waals surface area (Å²) < 4.78 is 5.10. The molecular formula is C15H19BrN2O. The maximum atomic E-state index is 5.10. The van der Waals surface area contributed by atoms with E-state index in [1.165, 1.54) is 10.9 Å². The zero-order chi connectivity index (χ0) is 13.7. The van der Waals surface area contributed by atoms with Crippen LogP contribution in [0.4, 0.5) is 5.82 Å². The fraction of sp³-hybridized carbons (Fsp3) is 0.400. The molecule has 0 aliphatic carbocycles. The second kappa shape index (κ2) is 6.87. The Kier molecular flexibility index (Phi) is 5.16. The minimum Gasteiger partial charge on any atom is -0.385 e. The fourth-order valence-corrected chi connectivity index (χ4v) is 2.54. The summed E-state index contributed by atoms with van der Waals surface area (Å²) in [6, 6.07) is 10.4. The van der Waals surface area contributed by atoms with Crippen LogP contribution in [0.3, 0.4) is 0 Å². The average Bonchev–Trinajstić information content (AvgIpc) is 2.46. The van der Waals surface area contributed by atoms with Crippen LogP contribution >= 0.6 is 15.9 Å². The lowest BCUT2D eigenvalue weighted by Gasteiger charge is -2.21. The zero-order valence-electron chi connectivity index (χ0n) is 11.4. The molecular weight excluding hydrogens is 304 g/mol. The molecule has 3 nitrogen and oxygen atoms in total. The van der Waals surface area contributed by atoms with Crippen LogP contribution in [-0.2, 0) is 10.1 Å². The number of para-hydroxylation sites is 1. The Labute approximate surface area is 122 Å². The molecule has 0 saturated carbocycles. The van der Waals surface area contributed by atoms with Gasteiger partial charge in [-0.05, 0) is 18.6 Å². The number of anilines is 1. The van der Waals surface area contributed by atoms with E-state index in [1.807, 2.05) is 12.1 Å². The van der Waals surface area contributed by atoms with Crippen LogP contribution in [0.15, 0.2) is 30.3 Å². The van der Waals surface area contributed by atoms with Gasteiger partial charge in [0.15, 0.2) is 0 Å². The molecule has 0 aliphatic rings. The van der Waals surface area contributed by atoms with Crippen molar-refractivity contribution in [2.45, 2.75) is 11.8 Å². The van der Waals surface area contributed by atoms with Crippen molar-refractivity contribution in [1.29, 1.82) is 0 Å². The van der Waals surface area contributed by atoms with E-state index < -0.39 is 0 Å². The summed E-state index contributed by atoms with van der Waals surface area (Å²) >= 11 is 3.55. The van der Waals surface area contributed by atoms with Crippen LogP contribution in [-0.4, -0.2) is 32.3 Å². The molecule has 2 aromatic rings. The molecule has 0 unspecified atom stereocenters. The van der Waals surface area contributed by atoms with Gasteiger partial charge in [-0.25, -0.2) is 4.98 Å². The molecule has 2 rings (SSSR count). The molecule has 1 heterocycles. The number of nitrogens with zero attached hydrogens (tertiary/aromatic N) is 2. The van der Waals surface area contributed by atoms with Gasteiger partial charge in [0.2, 0.25) is 0 Å². The molecule has 0 N–H and O–H groups in total. The van der Waals surface area contributed by atoms with Crippen molar-refractivity contribution < 1.29 is 4.74 Å². The van der Waals surface area contributed by atoms with Crippen LogP contribution in [0, 0.1) is 0 Å². The van der Waals surface area contributed by atoms with Crippen LogP contribution in [0.5, 0.6) is 0 Å². The Bertz CT molecular complexity index is 545. The summed E-state index contributed by atoms with van der Waals surface area (Å²) in [4.78, 5) is 6.98. The van der Waals surface area contributed by atoms with Crippen molar-refractivity contribution in [2.24, 2.45) is 0 Å². The SMILES string of the molecule is COCCCN(C)c1nc2ccccc2cc1CBr. The molecule has 0 spiro atoms. The van der Waals surface area contributed by atoms with E-state index >= 15 is 0 Å². The van der Waals surface area contributed by atoms with Crippen LogP contribution < -0.4 is 4.90 Å². The van der Waals surface area contributed by atoms with Crippen molar-refractivity contribution in [3.05, 3.63) is 35.9 Å². The monoisotopic (exact) mass is 322 g/mol. The van der Waals surface area contributed by atoms with Gasteiger partial charge in [0, 0.05) is 43.6 Å². The molecule has 0 atom stereocenters. The van der Waals surface area contributed by atoms with Crippen molar-refractivity contribution in [2.75, 3.05) is 32.2 Å². The Balaban J connectivity index is 2.29. The van der Waals surface area contributed by atoms with Gasteiger partial charge in [-0.2, -0.15) is 0 Å². The number of ether oxygens (including phenoxy) is 1. The third-order valence-corrected chi connectivity index (χ3v) is 3.73. The predicted octanol–water partition coefficient (Wildman–Crippen LogP) is 3.60. The largest absolute Gasteiger partial charge is 0.385 e. The number of fused-ring (bicyclic) bond motifs is 1. The molecule has 4 heteroatoms. The number of rotatable bonds is 6. The van der Waals surface area contributed by atoms with Gasteiger partial charge in [0.05, 0.1) is 5.52 Å². The Hall–Kier alpha value is -1.13. The topological polar surface area (TPSA) is 25.4 Å². The third kappa shape index (κ3) is 3.45. The second-order valence-corrected chi connectivity index (χ2v) is 5.13. The summed E-state index contributed by atoms with van der Waals surface area (Å²) in [5.74, 6) is 1.05. The molecule has 102 valence electrons. The zero-order valence-corrected chi connectivity index (χ0v) is 13.0. The number of alkyl halides is 1. The number of hydrogen-bond donors (Lipinski definition) is 0. The second-order valence-electron chi connectivity index (χ2n) is 4.57. The maximum absolute atomic E-state index is 5.10. The van der Waals surface area contributed by atoms with Crippen molar-refractivity contribution >= 4 is 32.7 Å². The van der Waals surface area contributed by atoms with Gasteiger partial charge >= 0.3 is 0 Å². The minimum atomic E-state index is 0.779. The predicted molar refractivity (Wildman–Crippen MR) is 84.1 cm³/mol. The Morgan fingerprint density at radius 2 is 2.11 bits per heavy atom. The van der Waals surface area contributed by atoms with Crippen molar-refractivity contribution in [1.82, 2.24) is 4.98 Å². The molecule has 0 saturated heterocycles. The first kappa shape index (κ1) is 14.3. The first-order valence-electron chi connectivity index (χ1n) is 6.41. The van der Waals surface area contributed by atoms with E-state index in [9.17, 15) is 0 Å². The van der Waals surface area contributed by atoms with Crippen molar-refractivity contribution in [3.63, 3.8) is 0 Å². The number of benzene rings is 1. The highest BCUT2D eigenvalue weighted by atomic mass is 79.9. The van der Waals surface area contributed by atoms with Gasteiger partial charge in [-0.1, -0.05) is 34.1 Å². The van der Waals surface area contributed by atoms with Crippen LogP contribution in [0.2, 0.25) is 0 Å². The first-order chi connectivity index (χ1) is 9.26. The van der Waals surface area contributed by atoms with Crippen molar-refractivity contribution in [3.8, 4) is 0 Å². The molecule has 0 bridgehead atoms. The lowest BCUT2D eigenvalue weighted by molar-refractivity contribution is 0.196. The van der Waals surface area contributed by atoms with Gasteiger partial charge in [-0.3, -0.25) is 0 Å². The third-order valence-electron chi connectivity index (χ3n) is 3.13. The van der Waals surface area contributed by atoms with E-state index in [2.05, 4.69) is 46.1 Å². The lowest BCUT2D eigenvalue weighted by Crippen LogP contribution is -2.22. The molecule has 19 heavy (non-hydrogen) atoms. The molecule has 0 amide bonds. The summed E-state index contributed by atoms with van der Waals surface area (Å²) in [5.41, 5.74) is 2.26. The Morgan fingerprint density at radius 1 is 1.32 bits per heavy atom. The molecule has 1 aromatic heterocycles. The van der Waals surface area contributed by atoms with E-state index in [1.54, 1.807) is 7.11 Å². The highest BCUT2D eigenvalue weighted by Gasteiger charge is 2.10. The summed E-state index contributed by atoms with van der Waals surface area (Å²) in [6.45, 7) is 1.72. The van der Waals surface area contributed by atoms with E-state index in [0.717, 1.165) is 36.2 Å². The van der Waals surface area contributed by atoms with E-state index in [0.29, 0.717) is 0 Å². The fourth-order valence-electron chi connectivity index (χ4n) is 2.13. The normalized spacial score (nSPS) is 10.9. The van der Waals surface area contributed by atoms with Crippen LogP contribution in [0.25, 0.3) is 10.9 Å².